The molecular formula is C13H18O2. The Labute approximate surface area is 91.3 Å². The highest BCUT2D eigenvalue weighted by molar-refractivity contribution is 5.79. The van der Waals surface area contributed by atoms with E-state index in [0.29, 0.717) is 13.0 Å². The van der Waals surface area contributed by atoms with Gasteiger partial charge in [0.1, 0.15) is 11.5 Å². The standard InChI is InChI=1S/C13H18O2/c1-5-15-13-10(3)7-6-9(2)12(13)8-11(4)14/h6-7H,5,8H2,1-4H3. The zero-order valence-electron chi connectivity index (χ0n) is 9.89. The smallest absolute Gasteiger partial charge is 0.134 e. The monoisotopic (exact) mass is 206 g/mol. The summed E-state index contributed by atoms with van der Waals surface area (Å²) in [6.45, 7) is 8.22. The van der Waals surface area contributed by atoms with Gasteiger partial charge in [-0.3, -0.25) is 4.79 Å². The summed E-state index contributed by atoms with van der Waals surface area (Å²) in [4.78, 5) is 11.2. The molecule has 15 heavy (non-hydrogen) atoms. The van der Waals surface area contributed by atoms with E-state index in [1.807, 2.05) is 32.9 Å². The second-order valence-corrected chi connectivity index (χ2v) is 3.82. The Morgan fingerprint density at radius 2 is 1.87 bits per heavy atom. The molecule has 0 aliphatic heterocycles. The fourth-order valence-electron chi connectivity index (χ4n) is 1.66. The Balaban J connectivity index is 3.18. The molecule has 1 rings (SSSR count). The lowest BCUT2D eigenvalue weighted by Crippen LogP contribution is -2.05. The topological polar surface area (TPSA) is 26.3 Å². The second kappa shape index (κ2) is 4.96. The zero-order chi connectivity index (χ0) is 11.4. The van der Waals surface area contributed by atoms with Crippen LogP contribution in [0.25, 0.3) is 0 Å². The summed E-state index contributed by atoms with van der Waals surface area (Å²) in [5.41, 5.74) is 3.25. The molecule has 1 aromatic carbocycles. The van der Waals surface area contributed by atoms with E-state index in [-0.39, 0.29) is 5.78 Å². The predicted octanol–water partition coefficient (Wildman–Crippen LogP) is 2.83. The maximum atomic E-state index is 11.2. The molecule has 0 spiro atoms. The van der Waals surface area contributed by atoms with Gasteiger partial charge >= 0.3 is 0 Å². The fourth-order valence-corrected chi connectivity index (χ4v) is 1.66. The van der Waals surface area contributed by atoms with Gasteiger partial charge in [-0.25, -0.2) is 0 Å². The van der Waals surface area contributed by atoms with E-state index >= 15 is 0 Å². The molecule has 0 heterocycles. The molecular weight excluding hydrogens is 188 g/mol. The average molecular weight is 206 g/mol. The van der Waals surface area contributed by atoms with Crippen LogP contribution in [0.2, 0.25) is 0 Å². The zero-order valence-corrected chi connectivity index (χ0v) is 9.89. The summed E-state index contributed by atoms with van der Waals surface area (Å²) in [6.07, 6.45) is 0.461. The van der Waals surface area contributed by atoms with Crippen LogP contribution >= 0.6 is 0 Å². The minimum atomic E-state index is 0.171. The average Bonchev–Trinajstić information content (AvgIpc) is 2.17. The third kappa shape index (κ3) is 2.82. The van der Waals surface area contributed by atoms with Crippen LogP contribution in [0.15, 0.2) is 12.1 Å². The number of Topliss-reactive ketones (excluding diaryl/α,β-unsaturated/α-hetero) is 1. The van der Waals surface area contributed by atoms with Crippen molar-refractivity contribution in [2.24, 2.45) is 0 Å². The number of ketones is 1. The van der Waals surface area contributed by atoms with E-state index in [1.54, 1.807) is 6.92 Å². The predicted molar refractivity (Wildman–Crippen MR) is 61.5 cm³/mol. The first-order chi connectivity index (χ1) is 7.06. The van der Waals surface area contributed by atoms with E-state index < -0.39 is 0 Å². The molecule has 1 aromatic rings. The van der Waals surface area contributed by atoms with Crippen molar-refractivity contribution in [3.05, 3.63) is 28.8 Å². The van der Waals surface area contributed by atoms with Gasteiger partial charge in [0.2, 0.25) is 0 Å². The Bertz CT molecular complexity index is 367. The first-order valence-electron chi connectivity index (χ1n) is 5.27. The van der Waals surface area contributed by atoms with Crippen LogP contribution in [-0.4, -0.2) is 12.4 Å². The van der Waals surface area contributed by atoms with E-state index in [4.69, 9.17) is 4.74 Å². The van der Waals surface area contributed by atoms with Crippen molar-refractivity contribution in [2.45, 2.75) is 34.1 Å². The van der Waals surface area contributed by atoms with Crippen molar-refractivity contribution < 1.29 is 9.53 Å². The van der Waals surface area contributed by atoms with Gasteiger partial charge in [-0.2, -0.15) is 0 Å². The van der Waals surface area contributed by atoms with E-state index in [1.165, 1.54) is 0 Å². The summed E-state index contributed by atoms with van der Waals surface area (Å²) in [5, 5.41) is 0. The first kappa shape index (κ1) is 11.8. The molecule has 0 N–H and O–H groups in total. The molecule has 0 bridgehead atoms. The van der Waals surface area contributed by atoms with Crippen molar-refractivity contribution in [1.29, 1.82) is 0 Å². The fraction of sp³-hybridized carbons (Fsp3) is 0.462. The lowest BCUT2D eigenvalue weighted by Gasteiger charge is -2.14. The van der Waals surface area contributed by atoms with Gasteiger partial charge in [-0.05, 0) is 38.8 Å². The lowest BCUT2D eigenvalue weighted by atomic mass is 9.99. The van der Waals surface area contributed by atoms with Crippen LogP contribution in [0.1, 0.15) is 30.5 Å². The van der Waals surface area contributed by atoms with Gasteiger partial charge in [0.05, 0.1) is 6.61 Å². The van der Waals surface area contributed by atoms with Crippen molar-refractivity contribution >= 4 is 5.78 Å². The van der Waals surface area contributed by atoms with Gasteiger partial charge in [-0.1, -0.05) is 12.1 Å². The van der Waals surface area contributed by atoms with Gasteiger partial charge in [-0.15, -0.1) is 0 Å². The Morgan fingerprint density at radius 1 is 1.27 bits per heavy atom. The largest absolute Gasteiger partial charge is 0.493 e. The van der Waals surface area contributed by atoms with Crippen LogP contribution in [0.4, 0.5) is 0 Å². The molecule has 0 radical (unpaired) electrons. The van der Waals surface area contributed by atoms with Gasteiger partial charge in [0.25, 0.3) is 0 Å². The Hall–Kier alpha value is -1.31. The molecule has 2 heteroatoms. The highest BCUT2D eigenvalue weighted by atomic mass is 16.5. The second-order valence-electron chi connectivity index (χ2n) is 3.82. The third-order valence-electron chi connectivity index (χ3n) is 2.41. The van der Waals surface area contributed by atoms with Crippen LogP contribution < -0.4 is 4.74 Å². The highest BCUT2D eigenvalue weighted by Crippen LogP contribution is 2.27. The molecule has 0 atom stereocenters. The minimum absolute atomic E-state index is 0.171. The third-order valence-corrected chi connectivity index (χ3v) is 2.41. The first-order valence-corrected chi connectivity index (χ1v) is 5.27. The van der Waals surface area contributed by atoms with E-state index in [0.717, 1.165) is 22.4 Å². The quantitative estimate of drug-likeness (QED) is 0.757. The molecule has 0 amide bonds. The number of hydrogen-bond donors (Lipinski definition) is 0. The number of rotatable bonds is 4. The van der Waals surface area contributed by atoms with Crippen molar-refractivity contribution in [1.82, 2.24) is 0 Å². The number of carbonyl (C=O) groups is 1. The van der Waals surface area contributed by atoms with E-state index in [2.05, 4.69) is 0 Å². The molecule has 0 aromatic heterocycles. The number of aryl methyl sites for hydroxylation is 2. The SMILES string of the molecule is CCOc1c(C)ccc(C)c1CC(C)=O. The molecule has 0 fully saturated rings. The lowest BCUT2D eigenvalue weighted by molar-refractivity contribution is -0.116. The molecule has 2 nitrogen and oxygen atoms in total. The number of ether oxygens (including phenoxy) is 1. The molecule has 82 valence electrons. The Morgan fingerprint density at radius 3 is 2.40 bits per heavy atom. The Kier molecular flexibility index (Phi) is 3.89. The molecule has 0 saturated heterocycles. The summed E-state index contributed by atoms with van der Waals surface area (Å²) in [7, 11) is 0. The molecule has 0 aliphatic rings. The maximum absolute atomic E-state index is 11.2. The van der Waals surface area contributed by atoms with Crippen LogP contribution in [0, 0.1) is 13.8 Å². The van der Waals surface area contributed by atoms with Crippen molar-refractivity contribution in [3.8, 4) is 5.75 Å². The van der Waals surface area contributed by atoms with Crippen LogP contribution in [0.5, 0.6) is 5.75 Å². The number of hydrogen-bond acceptors (Lipinski definition) is 2. The summed E-state index contributed by atoms with van der Waals surface area (Å²) >= 11 is 0. The van der Waals surface area contributed by atoms with Crippen LogP contribution in [-0.2, 0) is 11.2 Å². The summed E-state index contributed by atoms with van der Waals surface area (Å²) < 4.78 is 5.60. The summed E-state index contributed by atoms with van der Waals surface area (Å²) in [5.74, 6) is 1.05. The van der Waals surface area contributed by atoms with Crippen molar-refractivity contribution in [3.63, 3.8) is 0 Å². The summed E-state index contributed by atoms with van der Waals surface area (Å²) in [6, 6.07) is 4.07. The molecule has 0 unspecified atom stereocenters. The maximum Gasteiger partial charge on any atom is 0.134 e. The number of benzene rings is 1. The highest BCUT2D eigenvalue weighted by Gasteiger charge is 2.11. The molecule has 0 aliphatic carbocycles. The molecule has 0 saturated carbocycles. The minimum Gasteiger partial charge on any atom is -0.493 e. The number of carbonyl (C=O) groups excluding carboxylic acids is 1. The van der Waals surface area contributed by atoms with Crippen LogP contribution in [0.3, 0.4) is 0 Å². The van der Waals surface area contributed by atoms with E-state index in [9.17, 15) is 4.79 Å². The van der Waals surface area contributed by atoms with Crippen molar-refractivity contribution in [2.75, 3.05) is 6.61 Å². The van der Waals surface area contributed by atoms with Gasteiger partial charge in [0, 0.05) is 12.0 Å². The van der Waals surface area contributed by atoms with Gasteiger partial charge in [0.15, 0.2) is 0 Å². The van der Waals surface area contributed by atoms with Gasteiger partial charge < -0.3 is 4.74 Å². The normalized spacial score (nSPS) is 10.1.